The second kappa shape index (κ2) is 8.14. The first-order chi connectivity index (χ1) is 15.5. The fraction of sp³-hybridized carbons (Fsp3) is 0.0833. The van der Waals surface area contributed by atoms with Crippen LogP contribution in [0.2, 0.25) is 0 Å². The molecule has 32 heavy (non-hydrogen) atoms. The van der Waals surface area contributed by atoms with Crippen molar-refractivity contribution in [2.75, 3.05) is 5.43 Å². The Bertz CT molecular complexity index is 1500. The van der Waals surface area contributed by atoms with Gasteiger partial charge in [-0.05, 0) is 19.4 Å². The van der Waals surface area contributed by atoms with Gasteiger partial charge in [0.25, 0.3) is 11.5 Å². The van der Waals surface area contributed by atoms with Crippen molar-refractivity contribution in [3.05, 3.63) is 92.8 Å². The summed E-state index contributed by atoms with van der Waals surface area (Å²) in [4.78, 5) is 37.4. The summed E-state index contributed by atoms with van der Waals surface area (Å²) in [7, 11) is 0. The first-order valence-corrected chi connectivity index (χ1v) is 11.6. The highest BCUT2D eigenvalue weighted by Crippen LogP contribution is 2.35. The van der Waals surface area contributed by atoms with Crippen LogP contribution in [0.4, 0.5) is 0 Å². The number of carbonyl (C=O) groups excluding carboxylic acids is 1. The Labute approximate surface area is 191 Å². The molecular weight excluding hydrogens is 440 g/mol. The lowest BCUT2D eigenvalue weighted by Crippen LogP contribution is -2.33. The van der Waals surface area contributed by atoms with Crippen LogP contribution < -0.4 is 11.0 Å². The zero-order valence-electron chi connectivity index (χ0n) is 17.3. The number of rotatable bonds is 4. The van der Waals surface area contributed by atoms with Crippen LogP contribution in [0.1, 0.15) is 20.2 Å². The smallest absolute Gasteiger partial charge is 0.267 e. The zero-order chi connectivity index (χ0) is 22.2. The van der Waals surface area contributed by atoms with Gasteiger partial charge in [0.15, 0.2) is 0 Å². The quantitative estimate of drug-likeness (QED) is 0.399. The minimum absolute atomic E-state index is 0.308. The second-order valence-corrected chi connectivity index (χ2v) is 9.44. The first-order valence-electron chi connectivity index (χ1n) is 9.93. The molecule has 0 spiro atoms. The van der Waals surface area contributed by atoms with Crippen LogP contribution in [-0.2, 0) is 0 Å². The monoisotopic (exact) mass is 458 g/mol. The minimum Gasteiger partial charge on any atom is -0.267 e. The molecule has 0 unspecified atom stereocenters. The van der Waals surface area contributed by atoms with Crippen LogP contribution >= 0.6 is 22.7 Å². The SMILES string of the molecule is Cc1nc(-c2ccccc2)sc1C(=O)Nn1cnc2sc(C)c(-c3ccccc3)c2c1=O. The van der Waals surface area contributed by atoms with Gasteiger partial charge < -0.3 is 0 Å². The highest BCUT2D eigenvalue weighted by Gasteiger charge is 2.20. The molecule has 1 N–H and O–H groups in total. The Balaban J connectivity index is 1.53. The summed E-state index contributed by atoms with van der Waals surface area (Å²) in [6.45, 7) is 3.76. The molecule has 0 saturated heterocycles. The number of aryl methyl sites for hydroxylation is 2. The maximum Gasteiger partial charge on any atom is 0.282 e. The third-order valence-corrected chi connectivity index (χ3v) is 7.32. The van der Waals surface area contributed by atoms with Gasteiger partial charge >= 0.3 is 0 Å². The number of hydrogen-bond donors (Lipinski definition) is 1. The van der Waals surface area contributed by atoms with Gasteiger partial charge in [0.2, 0.25) is 0 Å². The molecule has 6 nitrogen and oxygen atoms in total. The van der Waals surface area contributed by atoms with Gasteiger partial charge in [-0.3, -0.25) is 15.0 Å². The van der Waals surface area contributed by atoms with E-state index in [1.165, 1.54) is 29.0 Å². The number of thiophene rings is 1. The van der Waals surface area contributed by atoms with Gasteiger partial charge in [-0.1, -0.05) is 60.7 Å². The molecule has 0 radical (unpaired) electrons. The van der Waals surface area contributed by atoms with Crippen LogP contribution in [-0.4, -0.2) is 20.6 Å². The molecule has 158 valence electrons. The average Bonchev–Trinajstić information content (AvgIpc) is 3.37. The number of nitrogens with zero attached hydrogens (tertiary/aromatic N) is 3. The third kappa shape index (κ3) is 3.53. The van der Waals surface area contributed by atoms with E-state index in [0.29, 0.717) is 20.8 Å². The van der Waals surface area contributed by atoms with Crippen molar-refractivity contribution in [3.8, 4) is 21.7 Å². The van der Waals surface area contributed by atoms with E-state index in [1.54, 1.807) is 6.92 Å². The average molecular weight is 459 g/mol. The maximum atomic E-state index is 13.3. The topological polar surface area (TPSA) is 76.9 Å². The predicted octanol–water partition coefficient (Wildman–Crippen LogP) is 5.25. The van der Waals surface area contributed by atoms with Crippen molar-refractivity contribution in [1.29, 1.82) is 0 Å². The Hall–Kier alpha value is -3.62. The van der Waals surface area contributed by atoms with Crippen LogP contribution in [0.25, 0.3) is 31.9 Å². The number of thiazole rings is 1. The summed E-state index contributed by atoms with van der Waals surface area (Å²) < 4.78 is 1.16. The highest BCUT2D eigenvalue weighted by atomic mass is 32.1. The summed E-state index contributed by atoms with van der Waals surface area (Å²) in [5.41, 5.74) is 5.75. The Morgan fingerprint density at radius 2 is 1.59 bits per heavy atom. The Kier molecular flexibility index (Phi) is 5.16. The van der Waals surface area contributed by atoms with Crippen molar-refractivity contribution < 1.29 is 4.79 Å². The van der Waals surface area contributed by atoms with E-state index in [1.807, 2.05) is 67.6 Å². The van der Waals surface area contributed by atoms with Crippen LogP contribution in [0.3, 0.4) is 0 Å². The van der Waals surface area contributed by atoms with E-state index in [-0.39, 0.29) is 5.56 Å². The van der Waals surface area contributed by atoms with Gasteiger partial charge in [0.1, 0.15) is 21.0 Å². The fourth-order valence-electron chi connectivity index (χ4n) is 3.61. The molecule has 8 heteroatoms. The molecule has 0 aliphatic heterocycles. The van der Waals surface area contributed by atoms with Crippen molar-refractivity contribution in [3.63, 3.8) is 0 Å². The molecule has 0 saturated carbocycles. The normalized spacial score (nSPS) is 11.1. The lowest BCUT2D eigenvalue weighted by atomic mass is 10.0. The van der Waals surface area contributed by atoms with Crippen LogP contribution in [0.5, 0.6) is 0 Å². The molecule has 1 amide bonds. The molecule has 0 aliphatic carbocycles. The predicted molar refractivity (Wildman–Crippen MR) is 130 cm³/mol. The van der Waals surface area contributed by atoms with E-state index in [9.17, 15) is 9.59 Å². The summed E-state index contributed by atoms with van der Waals surface area (Å²) in [6.07, 6.45) is 1.36. The molecular formula is C24H18N4O2S2. The minimum atomic E-state index is -0.390. The molecule has 0 fully saturated rings. The fourth-order valence-corrected chi connectivity index (χ4v) is 5.57. The van der Waals surface area contributed by atoms with E-state index < -0.39 is 5.91 Å². The number of benzene rings is 2. The number of carbonyl (C=O) groups is 1. The van der Waals surface area contributed by atoms with Crippen molar-refractivity contribution in [1.82, 2.24) is 14.6 Å². The second-order valence-electron chi connectivity index (χ2n) is 7.24. The highest BCUT2D eigenvalue weighted by molar-refractivity contribution is 7.19. The third-order valence-electron chi connectivity index (χ3n) is 5.10. The lowest BCUT2D eigenvalue weighted by molar-refractivity contribution is 0.101. The van der Waals surface area contributed by atoms with Crippen LogP contribution in [0, 0.1) is 13.8 Å². The Morgan fingerprint density at radius 3 is 2.28 bits per heavy atom. The number of hydrogen-bond acceptors (Lipinski definition) is 6. The zero-order valence-corrected chi connectivity index (χ0v) is 19.0. The first kappa shape index (κ1) is 20.3. The largest absolute Gasteiger partial charge is 0.282 e. The number of fused-ring (bicyclic) bond motifs is 1. The van der Waals surface area contributed by atoms with Gasteiger partial charge in [-0.15, -0.1) is 22.7 Å². The molecule has 3 heterocycles. The van der Waals surface area contributed by atoms with Gasteiger partial charge in [0, 0.05) is 16.0 Å². The molecule has 5 aromatic rings. The van der Waals surface area contributed by atoms with Crippen LogP contribution in [0.15, 0.2) is 71.8 Å². The number of amides is 1. The molecule has 2 aromatic carbocycles. The van der Waals surface area contributed by atoms with Crippen molar-refractivity contribution in [2.24, 2.45) is 0 Å². The maximum absolute atomic E-state index is 13.3. The molecule has 3 aromatic heterocycles. The van der Waals surface area contributed by atoms with E-state index in [2.05, 4.69) is 15.4 Å². The van der Waals surface area contributed by atoms with Crippen molar-refractivity contribution >= 4 is 38.8 Å². The Morgan fingerprint density at radius 1 is 0.938 bits per heavy atom. The summed E-state index contributed by atoms with van der Waals surface area (Å²) in [5, 5.41) is 1.27. The lowest BCUT2D eigenvalue weighted by Gasteiger charge is -2.08. The van der Waals surface area contributed by atoms with Gasteiger partial charge in [-0.25, -0.2) is 14.6 Å². The molecule has 0 aliphatic rings. The van der Waals surface area contributed by atoms with E-state index in [0.717, 1.165) is 31.3 Å². The summed E-state index contributed by atoms with van der Waals surface area (Å²) >= 11 is 2.77. The number of nitrogens with one attached hydrogen (secondary N) is 1. The number of aromatic nitrogens is 3. The van der Waals surface area contributed by atoms with Gasteiger partial charge in [-0.2, -0.15) is 0 Å². The van der Waals surface area contributed by atoms with E-state index >= 15 is 0 Å². The molecule has 0 bridgehead atoms. The molecule has 5 rings (SSSR count). The standard InChI is InChI=1S/C24H18N4O2S2/c1-14-20(32-22(26-14)17-11-7-4-8-12-17)21(29)27-28-13-25-23-19(24(28)30)18(15(2)31-23)16-9-5-3-6-10-16/h3-13H,1-2H3,(H,27,29). The summed E-state index contributed by atoms with van der Waals surface area (Å²) in [6, 6.07) is 19.4. The van der Waals surface area contributed by atoms with E-state index in [4.69, 9.17) is 0 Å². The summed E-state index contributed by atoms with van der Waals surface area (Å²) in [5.74, 6) is -0.390. The molecule has 0 atom stereocenters. The van der Waals surface area contributed by atoms with Gasteiger partial charge in [0.05, 0.1) is 11.1 Å². The van der Waals surface area contributed by atoms with Crippen molar-refractivity contribution in [2.45, 2.75) is 13.8 Å².